The van der Waals surface area contributed by atoms with Crippen LogP contribution in [0, 0.1) is 5.92 Å². The van der Waals surface area contributed by atoms with Gasteiger partial charge in [-0.05, 0) is 18.8 Å². The van der Waals surface area contributed by atoms with Crippen molar-refractivity contribution in [2.45, 2.75) is 37.9 Å². The van der Waals surface area contributed by atoms with Gasteiger partial charge in [0, 0.05) is 12.6 Å². The van der Waals surface area contributed by atoms with Gasteiger partial charge in [-0.15, -0.1) is 0 Å². The highest BCUT2D eigenvalue weighted by molar-refractivity contribution is 5.74. The monoisotopic (exact) mass is 253 g/mol. The van der Waals surface area contributed by atoms with Gasteiger partial charge in [-0.25, -0.2) is 4.79 Å². The largest absolute Gasteiger partial charge is 0.405 e. The van der Waals surface area contributed by atoms with Crippen molar-refractivity contribution < 1.29 is 18.0 Å². The molecule has 100 valence electrons. The molecule has 1 rings (SSSR count). The summed E-state index contributed by atoms with van der Waals surface area (Å²) in [4.78, 5) is 11.2. The molecule has 0 aromatic heterocycles. The van der Waals surface area contributed by atoms with Crippen LogP contribution in [-0.4, -0.2) is 31.3 Å². The van der Waals surface area contributed by atoms with Crippen molar-refractivity contribution in [2.75, 3.05) is 13.1 Å². The summed E-state index contributed by atoms with van der Waals surface area (Å²) in [6, 6.07) is -1.03. The van der Waals surface area contributed by atoms with E-state index in [1.807, 2.05) is 0 Å². The number of halogens is 3. The molecule has 0 spiro atoms. The van der Waals surface area contributed by atoms with Crippen molar-refractivity contribution >= 4 is 6.03 Å². The minimum atomic E-state index is -4.39. The standard InChI is InChI=1S/C10H18F3N3O/c11-10(12,13)6-15-9(17)16-8(5-14)7-3-1-2-4-7/h7-8H,1-6,14H2,(H2,15,16,17). The maximum atomic E-state index is 11.9. The Morgan fingerprint density at radius 3 is 2.41 bits per heavy atom. The fourth-order valence-electron chi connectivity index (χ4n) is 2.13. The summed E-state index contributed by atoms with van der Waals surface area (Å²) in [7, 11) is 0. The molecule has 1 unspecified atom stereocenters. The maximum absolute atomic E-state index is 11.9. The van der Waals surface area contributed by atoms with E-state index in [0.29, 0.717) is 0 Å². The lowest BCUT2D eigenvalue weighted by Crippen LogP contribution is -2.50. The second kappa shape index (κ2) is 6.09. The predicted molar refractivity (Wildman–Crippen MR) is 57.4 cm³/mol. The molecule has 0 radical (unpaired) electrons. The Morgan fingerprint density at radius 2 is 1.94 bits per heavy atom. The summed E-state index contributed by atoms with van der Waals surface area (Å²) >= 11 is 0. The van der Waals surface area contributed by atoms with Gasteiger partial charge in [-0.3, -0.25) is 0 Å². The Hall–Kier alpha value is -0.980. The molecule has 1 fully saturated rings. The quantitative estimate of drug-likeness (QED) is 0.708. The van der Waals surface area contributed by atoms with Gasteiger partial charge in [0.25, 0.3) is 0 Å². The summed E-state index contributed by atoms with van der Waals surface area (Å²) in [5.41, 5.74) is 5.52. The van der Waals surface area contributed by atoms with Gasteiger partial charge in [0.05, 0.1) is 0 Å². The molecule has 1 aliphatic rings. The van der Waals surface area contributed by atoms with Gasteiger partial charge in [0.2, 0.25) is 0 Å². The van der Waals surface area contributed by atoms with Crippen LogP contribution in [0.3, 0.4) is 0 Å². The molecule has 0 aromatic rings. The van der Waals surface area contributed by atoms with Crippen molar-refractivity contribution in [1.29, 1.82) is 0 Å². The van der Waals surface area contributed by atoms with Crippen LogP contribution in [0.4, 0.5) is 18.0 Å². The summed E-state index contributed by atoms with van der Waals surface area (Å²) in [6.45, 7) is -1.06. The highest BCUT2D eigenvalue weighted by Crippen LogP contribution is 2.27. The minimum Gasteiger partial charge on any atom is -0.334 e. The van der Waals surface area contributed by atoms with Gasteiger partial charge in [0.15, 0.2) is 0 Å². The average Bonchev–Trinajstić information content (AvgIpc) is 2.75. The molecule has 0 aliphatic heterocycles. The number of urea groups is 1. The molecule has 4 nitrogen and oxygen atoms in total. The van der Waals surface area contributed by atoms with Crippen LogP contribution in [0.25, 0.3) is 0 Å². The van der Waals surface area contributed by atoms with Gasteiger partial charge in [-0.2, -0.15) is 13.2 Å². The number of amides is 2. The van der Waals surface area contributed by atoms with Crippen LogP contribution >= 0.6 is 0 Å². The zero-order valence-corrected chi connectivity index (χ0v) is 9.52. The first-order valence-electron chi connectivity index (χ1n) is 5.73. The fourth-order valence-corrected chi connectivity index (χ4v) is 2.13. The summed E-state index contributed by atoms with van der Waals surface area (Å²) in [6.07, 6.45) is -0.258. The van der Waals surface area contributed by atoms with Gasteiger partial charge in [0.1, 0.15) is 6.54 Å². The topological polar surface area (TPSA) is 67.1 Å². The zero-order valence-electron chi connectivity index (χ0n) is 9.52. The normalized spacial score (nSPS) is 19.1. The Labute approximate surface area is 98.1 Å². The molecule has 1 aliphatic carbocycles. The smallest absolute Gasteiger partial charge is 0.334 e. The van der Waals surface area contributed by atoms with E-state index in [2.05, 4.69) is 5.32 Å². The van der Waals surface area contributed by atoms with Gasteiger partial charge in [-0.1, -0.05) is 12.8 Å². The fraction of sp³-hybridized carbons (Fsp3) is 0.900. The molecule has 2 amide bonds. The van der Waals surface area contributed by atoms with Gasteiger partial charge < -0.3 is 16.4 Å². The average molecular weight is 253 g/mol. The number of rotatable bonds is 4. The Bertz CT molecular complexity index is 252. The molecule has 7 heteroatoms. The molecular formula is C10H18F3N3O. The second-order valence-electron chi connectivity index (χ2n) is 4.33. The highest BCUT2D eigenvalue weighted by Gasteiger charge is 2.29. The van der Waals surface area contributed by atoms with Crippen LogP contribution in [0.15, 0.2) is 0 Å². The Kier molecular flexibility index (Phi) is 5.04. The van der Waals surface area contributed by atoms with E-state index >= 15 is 0 Å². The number of carbonyl (C=O) groups excluding carboxylic acids is 1. The molecule has 1 atom stereocenters. The van der Waals surface area contributed by atoms with E-state index < -0.39 is 18.8 Å². The molecule has 0 aromatic carbocycles. The third-order valence-electron chi connectivity index (χ3n) is 2.99. The Morgan fingerprint density at radius 1 is 1.35 bits per heavy atom. The molecule has 4 N–H and O–H groups in total. The third kappa shape index (κ3) is 5.25. The van der Waals surface area contributed by atoms with E-state index in [9.17, 15) is 18.0 Å². The first kappa shape index (κ1) is 14.1. The number of nitrogens with one attached hydrogen (secondary N) is 2. The lowest BCUT2D eigenvalue weighted by molar-refractivity contribution is -0.122. The number of alkyl halides is 3. The third-order valence-corrected chi connectivity index (χ3v) is 2.99. The van der Waals surface area contributed by atoms with E-state index in [1.165, 1.54) is 0 Å². The van der Waals surface area contributed by atoms with Crippen molar-refractivity contribution in [1.82, 2.24) is 10.6 Å². The molecule has 0 bridgehead atoms. The number of hydrogen-bond donors (Lipinski definition) is 3. The molecular weight excluding hydrogens is 235 g/mol. The van der Waals surface area contributed by atoms with E-state index in [-0.39, 0.29) is 18.5 Å². The van der Waals surface area contributed by atoms with E-state index in [0.717, 1.165) is 25.7 Å². The predicted octanol–water partition coefficient (Wildman–Crippen LogP) is 1.37. The van der Waals surface area contributed by atoms with Crippen LogP contribution < -0.4 is 16.4 Å². The zero-order chi connectivity index (χ0) is 12.9. The number of carbonyl (C=O) groups is 1. The van der Waals surface area contributed by atoms with Crippen LogP contribution in [-0.2, 0) is 0 Å². The van der Waals surface area contributed by atoms with Crippen LogP contribution in [0.5, 0.6) is 0 Å². The summed E-state index contributed by atoms with van der Waals surface area (Å²) < 4.78 is 35.6. The summed E-state index contributed by atoms with van der Waals surface area (Å²) in [5, 5.41) is 4.29. The van der Waals surface area contributed by atoms with E-state index in [1.54, 1.807) is 5.32 Å². The van der Waals surface area contributed by atoms with Crippen LogP contribution in [0.1, 0.15) is 25.7 Å². The second-order valence-corrected chi connectivity index (χ2v) is 4.33. The highest BCUT2D eigenvalue weighted by atomic mass is 19.4. The first-order valence-corrected chi connectivity index (χ1v) is 5.73. The Balaban J connectivity index is 2.32. The van der Waals surface area contributed by atoms with Crippen molar-refractivity contribution in [3.63, 3.8) is 0 Å². The van der Waals surface area contributed by atoms with Crippen LogP contribution in [0.2, 0.25) is 0 Å². The SMILES string of the molecule is NCC(NC(=O)NCC(F)(F)F)C1CCCC1. The first-order chi connectivity index (χ1) is 7.92. The van der Waals surface area contributed by atoms with Crippen molar-refractivity contribution in [3.05, 3.63) is 0 Å². The number of hydrogen-bond acceptors (Lipinski definition) is 2. The maximum Gasteiger partial charge on any atom is 0.405 e. The molecule has 17 heavy (non-hydrogen) atoms. The molecule has 0 heterocycles. The molecule has 1 saturated carbocycles. The lowest BCUT2D eigenvalue weighted by atomic mass is 9.98. The summed E-state index contributed by atoms with van der Waals surface area (Å²) in [5.74, 6) is 0.289. The van der Waals surface area contributed by atoms with Crippen molar-refractivity contribution in [2.24, 2.45) is 11.7 Å². The molecule has 0 saturated heterocycles. The van der Waals surface area contributed by atoms with Gasteiger partial charge >= 0.3 is 12.2 Å². The van der Waals surface area contributed by atoms with E-state index in [4.69, 9.17) is 5.73 Å². The lowest BCUT2D eigenvalue weighted by Gasteiger charge is -2.23. The minimum absolute atomic E-state index is 0.231. The van der Waals surface area contributed by atoms with Crippen molar-refractivity contribution in [3.8, 4) is 0 Å². The number of nitrogens with two attached hydrogens (primary N) is 1.